The van der Waals surface area contributed by atoms with Crippen molar-refractivity contribution in [3.05, 3.63) is 183 Å². The van der Waals surface area contributed by atoms with Gasteiger partial charge in [-0.05, 0) is 117 Å². The number of piperidine rings is 2. The topological polar surface area (TPSA) is 311 Å². The minimum atomic E-state index is -1.48. The second-order valence-corrected chi connectivity index (χ2v) is 29.6. The standard InChI is InChI=1S/C80H86N12O14S2/c1-79(83-34-13-14-52-21-26-65(102-3)64(46-52)91-38-30-66(93)86-78(91)101)32-39-89(40-33-79)55-28-36-90(37-29-55)77-85-62-25-22-53(61-49-88(2)74(98)69-59(61)27-35-81-69)47-60(62)72(87-77)80(106-56-23-24-56,54-15-7-4-8-16-54)50-105-51-82-73(97)63(48-68(95)96)84-67(94)31-42-103-44-45-104-43-41-92-75(99)70(107-57-17-9-5-10-18-57)71(76(92)100)108-58-19-11-6-12-20-58/h4-12,15-22,25-27,35,46-47,49,55-56,63,81,83H,23-24,28-34,36-45,48,50-51H2,1-3H3,(H,82,97)(H,84,94)(H,95,96)(H,86,93,101)/t63-,80-/m0/s1. The Kier molecular flexibility index (Phi) is 24.5. The van der Waals surface area contributed by atoms with Gasteiger partial charge in [-0.3, -0.25) is 48.7 Å². The molecule has 26 nitrogen and oxygen atoms in total. The van der Waals surface area contributed by atoms with Crippen LogP contribution in [0.4, 0.5) is 16.4 Å². The van der Waals surface area contributed by atoms with E-state index in [0.717, 1.165) is 89.0 Å². The quantitative estimate of drug-likeness (QED) is 0.00996. The maximum absolute atomic E-state index is 14.0. The van der Waals surface area contributed by atoms with Crippen LogP contribution in [0.25, 0.3) is 32.9 Å². The van der Waals surface area contributed by atoms with Gasteiger partial charge in [-0.1, -0.05) is 108 Å². The summed E-state index contributed by atoms with van der Waals surface area (Å²) in [4.78, 5) is 129. The molecule has 3 saturated heterocycles. The molecule has 4 fully saturated rings. The van der Waals surface area contributed by atoms with Gasteiger partial charge in [0, 0.05) is 108 Å². The summed E-state index contributed by atoms with van der Waals surface area (Å²) in [5, 5.41) is 22.7. The number of carbonyl (C=O) groups is 7. The van der Waals surface area contributed by atoms with Crippen molar-refractivity contribution >= 4 is 98.5 Å². The first kappa shape index (κ1) is 76.0. The summed E-state index contributed by atoms with van der Waals surface area (Å²) in [6.45, 7) is 5.64. The van der Waals surface area contributed by atoms with Crippen molar-refractivity contribution in [3.8, 4) is 28.7 Å². The van der Waals surface area contributed by atoms with Gasteiger partial charge in [0.15, 0.2) is 5.60 Å². The molecule has 7 heterocycles. The van der Waals surface area contributed by atoms with Crippen molar-refractivity contribution in [3.63, 3.8) is 0 Å². The number of fused-ring (bicyclic) bond motifs is 2. The van der Waals surface area contributed by atoms with E-state index in [1.54, 1.807) is 31.0 Å². The molecule has 0 unspecified atom stereocenters. The summed E-state index contributed by atoms with van der Waals surface area (Å²) in [6.07, 6.45) is 7.76. The van der Waals surface area contributed by atoms with Crippen molar-refractivity contribution < 1.29 is 62.4 Å². The lowest BCUT2D eigenvalue weighted by molar-refractivity contribution is -0.141. The predicted molar refractivity (Wildman–Crippen MR) is 409 cm³/mol. The predicted octanol–water partition coefficient (Wildman–Crippen LogP) is 8.46. The molecule has 7 amide bonds. The number of urea groups is 1. The number of carboxylic acid groups (broad SMARTS) is 1. The number of nitrogens with zero attached hydrogens (tertiary/aromatic N) is 7. The van der Waals surface area contributed by atoms with Crippen molar-refractivity contribution in [1.82, 2.24) is 50.6 Å². The fourth-order valence-corrected chi connectivity index (χ4v) is 15.9. The summed E-state index contributed by atoms with van der Waals surface area (Å²) in [6, 6.07) is 40.1. The lowest BCUT2D eigenvalue weighted by Gasteiger charge is -2.45. The highest BCUT2D eigenvalue weighted by Gasteiger charge is 2.46. The van der Waals surface area contributed by atoms with Crippen LogP contribution in [0.5, 0.6) is 5.75 Å². The number of hydrogen-bond donors (Lipinski definition) is 6. The number of benzene rings is 5. The van der Waals surface area contributed by atoms with Gasteiger partial charge >= 0.3 is 12.0 Å². The Labute approximate surface area is 633 Å². The van der Waals surface area contributed by atoms with Gasteiger partial charge in [-0.15, -0.1) is 0 Å². The number of anilines is 2. The number of methoxy groups -OCH3 is 1. The average molecular weight is 1500 g/mol. The lowest BCUT2D eigenvalue weighted by atomic mass is 9.87. The highest BCUT2D eigenvalue weighted by Crippen LogP contribution is 2.46. The molecule has 5 aromatic carbocycles. The maximum atomic E-state index is 14.0. The first-order chi connectivity index (χ1) is 52.4. The summed E-state index contributed by atoms with van der Waals surface area (Å²) >= 11 is 2.49. The molecule has 6 N–H and O–H groups in total. The summed E-state index contributed by atoms with van der Waals surface area (Å²) in [5.74, 6) is 3.68. The minimum Gasteiger partial charge on any atom is -0.495 e. The molecule has 5 aliphatic rings. The van der Waals surface area contributed by atoms with Crippen LogP contribution >= 0.6 is 23.5 Å². The number of imide groups is 2. The van der Waals surface area contributed by atoms with Crippen LogP contribution in [0.3, 0.4) is 0 Å². The second kappa shape index (κ2) is 34.8. The van der Waals surface area contributed by atoms with Crippen molar-refractivity contribution in [2.45, 2.75) is 104 Å². The van der Waals surface area contributed by atoms with Gasteiger partial charge in [-0.2, -0.15) is 0 Å². The number of carbonyl (C=O) groups excluding carboxylic acids is 6. The van der Waals surface area contributed by atoms with E-state index in [4.69, 9.17) is 33.7 Å². The number of aryl methyl sites for hydroxylation is 1. The highest BCUT2D eigenvalue weighted by molar-refractivity contribution is 8.08. The SMILES string of the molecule is COc1ccc(C#CCNC2(C)CCN(C3CCN(c4nc([C@@](COCNC(=O)[C@H](CC(=O)O)NC(=O)CCOCCOCCN5C(=O)C(Sc6ccccc6)=C(Sc6ccccc6)C5=O)(OC5CC5)c5ccccc5)c5cc(-c6cn(C)c(=O)c7[nH]ccc67)ccc5n4)CC3)CC2)cc1N1CCC(=O)NC1=O. The molecule has 3 aromatic heterocycles. The van der Waals surface area contributed by atoms with E-state index in [9.17, 15) is 43.5 Å². The summed E-state index contributed by atoms with van der Waals surface area (Å²) < 4.78 is 32.4. The molecular weight excluding hydrogens is 1420 g/mol. The molecule has 28 heteroatoms. The van der Waals surface area contributed by atoms with E-state index in [1.165, 1.54) is 33.3 Å². The van der Waals surface area contributed by atoms with E-state index >= 15 is 0 Å². The summed E-state index contributed by atoms with van der Waals surface area (Å²) in [7, 11) is 3.26. The maximum Gasteiger partial charge on any atom is 0.328 e. The molecule has 1 aliphatic carbocycles. The van der Waals surface area contributed by atoms with E-state index in [1.807, 2.05) is 134 Å². The Balaban J connectivity index is 0.647. The van der Waals surface area contributed by atoms with E-state index < -0.39 is 60.4 Å². The number of aromatic nitrogens is 4. The third-order valence-electron chi connectivity index (χ3n) is 19.9. The monoisotopic (exact) mass is 1500 g/mol. The van der Waals surface area contributed by atoms with Crippen molar-refractivity contribution in [2.24, 2.45) is 7.05 Å². The molecular formula is C80H86N12O14S2. The van der Waals surface area contributed by atoms with Gasteiger partial charge in [0.1, 0.15) is 24.0 Å². The minimum absolute atomic E-state index is 0.00798. The third-order valence-corrected chi connectivity index (χ3v) is 22.2. The molecule has 1 saturated carbocycles. The molecule has 13 rings (SSSR count). The van der Waals surface area contributed by atoms with E-state index in [2.05, 4.69) is 54.8 Å². The average Bonchev–Trinajstić information content (AvgIpc) is 0.905. The van der Waals surface area contributed by atoms with Crippen LogP contribution < -0.4 is 41.4 Å². The largest absolute Gasteiger partial charge is 0.495 e. The molecule has 0 spiro atoms. The van der Waals surface area contributed by atoms with Gasteiger partial charge < -0.3 is 64.1 Å². The Morgan fingerprint density at radius 3 is 2.12 bits per heavy atom. The van der Waals surface area contributed by atoms with Crippen LogP contribution in [-0.4, -0.2) is 192 Å². The van der Waals surface area contributed by atoms with E-state index in [0.29, 0.717) is 75.0 Å². The second-order valence-electron chi connectivity index (χ2n) is 27.4. The Bertz CT molecular complexity index is 4740. The number of pyridine rings is 1. The van der Waals surface area contributed by atoms with Crippen LogP contribution in [0.2, 0.25) is 0 Å². The number of hydrogen-bond acceptors (Lipinski definition) is 20. The Hall–Kier alpha value is -10.2. The van der Waals surface area contributed by atoms with Gasteiger partial charge in [0.25, 0.3) is 17.4 Å². The number of H-pyrrole nitrogens is 1. The van der Waals surface area contributed by atoms with E-state index in [-0.39, 0.29) is 82.1 Å². The lowest BCUT2D eigenvalue weighted by Crippen LogP contribution is -2.55. The van der Waals surface area contributed by atoms with Crippen molar-refractivity contribution in [1.29, 1.82) is 0 Å². The van der Waals surface area contributed by atoms with Gasteiger partial charge in [-0.25, -0.2) is 14.8 Å². The zero-order valence-corrected chi connectivity index (χ0v) is 62.0. The summed E-state index contributed by atoms with van der Waals surface area (Å²) in [5.41, 5.74) is 3.50. The number of ether oxygens (including phenoxy) is 5. The Morgan fingerprint density at radius 1 is 0.769 bits per heavy atom. The molecule has 8 aromatic rings. The number of rotatable bonds is 32. The first-order valence-corrected chi connectivity index (χ1v) is 37.9. The highest BCUT2D eigenvalue weighted by atomic mass is 32.2. The van der Waals surface area contributed by atoms with Gasteiger partial charge in [0.2, 0.25) is 23.7 Å². The number of likely N-dealkylation sites (tertiary alicyclic amines) is 1. The smallest absolute Gasteiger partial charge is 0.328 e. The Morgan fingerprint density at radius 2 is 1.45 bits per heavy atom. The third kappa shape index (κ3) is 18.1. The zero-order chi connectivity index (χ0) is 75.3. The van der Waals surface area contributed by atoms with Crippen LogP contribution in [0, 0.1) is 11.8 Å². The molecule has 108 heavy (non-hydrogen) atoms. The van der Waals surface area contributed by atoms with Crippen molar-refractivity contribution in [2.75, 3.05) is 102 Å². The van der Waals surface area contributed by atoms with Crippen LogP contribution in [0.1, 0.15) is 81.5 Å². The molecule has 0 bridgehead atoms. The van der Waals surface area contributed by atoms with Crippen LogP contribution in [-0.2, 0) is 60.4 Å². The van der Waals surface area contributed by atoms with Crippen LogP contribution in [0.15, 0.2) is 170 Å². The normalized spacial score (nSPS) is 17.2. The van der Waals surface area contributed by atoms with Gasteiger partial charge in [0.05, 0.1) is 92.5 Å². The number of aromatic amines is 1. The first-order valence-electron chi connectivity index (χ1n) is 36.3. The number of aliphatic carboxylic acids is 1. The molecule has 562 valence electrons. The fraction of sp³-hybridized carbons (Fsp3) is 0.375. The molecule has 0 radical (unpaired) electrons. The fourth-order valence-electron chi connectivity index (χ4n) is 13.9. The number of amides is 7. The number of nitrogens with one attached hydrogen (secondary N) is 5. The number of thioether (sulfide) groups is 2. The molecule has 4 aliphatic heterocycles. The number of carboxylic acids is 1. The molecule has 2 atom stereocenters. The zero-order valence-electron chi connectivity index (χ0n) is 60.3.